The Hall–Kier alpha value is -2.06. The van der Waals surface area contributed by atoms with Gasteiger partial charge in [0.2, 0.25) is 0 Å². The first-order chi connectivity index (χ1) is 14.4. The Bertz CT molecular complexity index is 711. The largest absolute Gasteiger partial charge is 0.444 e. The number of carbonyl (C=O) groups excluding carboxylic acids is 1. The number of pyridine rings is 1. The Labute approximate surface area is 178 Å². The van der Waals surface area contributed by atoms with Gasteiger partial charge in [-0.05, 0) is 51.7 Å². The van der Waals surface area contributed by atoms with E-state index in [2.05, 4.69) is 21.3 Å². The van der Waals surface area contributed by atoms with Crippen molar-refractivity contribution in [2.75, 3.05) is 56.2 Å². The van der Waals surface area contributed by atoms with E-state index in [9.17, 15) is 4.79 Å². The van der Waals surface area contributed by atoms with Gasteiger partial charge in [-0.25, -0.2) is 9.78 Å². The number of amides is 1. The molecule has 0 bridgehead atoms. The number of hydrogen-bond acceptors (Lipinski definition) is 7. The van der Waals surface area contributed by atoms with Crippen molar-refractivity contribution in [3.63, 3.8) is 0 Å². The van der Waals surface area contributed by atoms with E-state index in [0.717, 1.165) is 37.8 Å². The van der Waals surface area contributed by atoms with Crippen LogP contribution in [0.2, 0.25) is 0 Å². The van der Waals surface area contributed by atoms with Gasteiger partial charge in [0.05, 0.1) is 50.4 Å². The van der Waals surface area contributed by atoms with Crippen LogP contribution in [0, 0.1) is 5.92 Å². The number of hydrogen-bond donors (Lipinski definition) is 1. The average Bonchev–Trinajstić information content (AvgIpc) is 3.57. The molecule has 3 fully saturated rings. The maximum absolute atomic E-state index is 12.5. The van der Waals surface area contributed by atoms with Gasteiger partial charge in [-0.1, -0.05) is 0 Å². The maximum Gasteiger partial charge on any atom is 0.410 e. The zero-order valence-corrected chi connectivity index (χ0v) is 18.3. The van der Waals surface area contributed by atoms with Gasteiger partial charge in [-0.15, -0.1) is 0 Å². The van der Waals surface area contributed by atoms with E-state index < -0.39 is 5.60 Å². The maximum atomic E-state index is 12.5. The molecule has 3 heterocycles. The van der Waals surface area contributed by atoms with Gasteiger partial charge in [0.15, 0.2) is 0 Å². The van der Waals surface area contributed by atoms with E-state index >= 15 is 0 Å². The summed E-state index contributed by atoms with van der Waals surface area (Å²) < 4.78 is 17.1. The molecule has 0 aromatic carbocycles. The smallest absolute Gasteiger partial charge is 0.410 e. The lowest BCUT2D eigenvalue weighted by Gasteiger charge is -2.38. The summed E-state index contributed by atoms with van der Waals surface area (Å²) in [6, 6.07) is 4.28. The topological polar surface area (TPSA) is 76.2 Å². The predicted octanol–water partition coefficient (Wildman–Crippen LogP) is 2.74. The molecule has 4 rings (SSSR count). The van der Waals surface area contributed by atoms with Crippen LogP contribution in [0.15, 0.2) is 18.3 Å². The third-order valence-corrected chi connectivity index (χ3v) is 5.71. The fraction of sp³-hybridized carbons (Fsp3) is 0.727. The van der Waals surface area contributed by atoms with E-state index in [4.69, 9.17) is 14.2 Å². The average molecular weight is 419 g/mol. The minimum absolute atomic E-state index is 0.0699. The number of anilines is 2. The minimum atomic E-state index is -0.495. The molecule has 8 heteroatoms. The number of carbonyl (C=O) groups is 1. The molecule has 1 amide bonds. The van der Waals surface area contributed by atoms with Crippen LogP contribution in [0.5, 0.6) is 0 Å². The van der Waals surface area contributed by atoms with Crippen LogP contribution in [0.25, 0.3) is 0 Å². The van der Waals surface area contributed by atoms with Crippen LogP contribution < -0.4 is 10.2 Å². The number of nitrogens with one attached hydrogen (secondary N) is 1. The highest BCUT2D eigenvalue weighted by Gasteiger charge is 2.40. The molecule has 1 aliphatic carbocycles. The number of ether oxygens (including phenoxy) is 3. The van der Waals surface area contributed by atoms with Gasteiger partial charge < -0.3 is 29.3 Å². The van der Waals surface area contributed by atoms with Crippen molar-refractivity contribution in [3.8, 4) is 0 Å². The Morgan fingerprint density at radius 3 is 2.60 bits per heavy atom. The molecule has 1 saturated carbocycles. The van der Waals surface area contributed by atoms with Gasteiger partial charge in [-0.2, -0.15) is 0 Å². The Kier molecular flexibility index (Phi) is 6.34. The fourth-order valence-electron chi connectivity index (χ4n) is 4.01. The summed E-state index contributed by atoms with van der Waals surface area (Å²) in [7, 11) is 0. The molecular formula is C22H34N4O4. The summed E-state index contributed by atoms with van der Waals surface area (Å²) >= 11 is 0. The molecule has 8 nitrogen and oxygen atoms in total. The number of morpholine rings is 2. The van der Waals surface area contributed by atoms with Gasteiger partial charge >= 0.3 is 6.09 Å². The van der Waals surface area contributed by atoms with Gasteiger partial charge in [-0.3, -0.25) is 0 Å². The fourth-order valence-corrected chi connectivity index (χ4v) is 4.01. The zero-order valence-electron chi connectivity index (χ0n) is 18.3. The summed E-state index contributed by atoms with van der Waals surface area (Å²) in [5.41, 5.74) is 0.627. The highest BCUT2D eigenvalue weighted by molar-refractivity contribution is 5.68. The van der Waals surface area contributed by atoms with E-state index in [0.29, 0.717) is 25.6 Å². The first-order valence-corrected chi connectivity index (χ1v) is 11.0. The van der Waals surface area contributed by atoms with Crippen LogP contribution in [-0.2, 0) is 14.2 Å². The van der Waals surface area contributed by atoms with E-state index in [1.807, 2.05) is 33.0 Å². The first kappa shape index (κ1) is 21.2. The third kappa shape index (κ3) is 5.55. The molecule has 0 spiro atoms. The molecule has 2 aliphatic heterocycles. The lowest BCUT2D eigenvalue weighted by Crippen LogP contribution is -2.53. The van der Waals surface area contributed by atoms with Crippen LogP contribution in [0.4, 0.5) is 16.3 Å². The summed E-state index contributed by atoms with van der Waals surface area (Å²) in [6.45, 7) is 10.6. The van der Waals surface area contributed by atoms with Crippen LogP contribution in [0.1, 0.15) is 33.6 Å². The van der Waals surface area contributed by atoms with Crippen molar-refractivity contribution in [1.82, 2.24) is 9.88 Å². The summed E-state index contributed by atoms with van der Waals surface area (Å²) in [5, 5.41) is 3.59. The standard InChI is InChI=1S/C22H34N4O4/c1-22(2,3)30-21(27)26-10-13-29-18(15-26)20(16-4-5-16)24-19-7-6-17(14-23-19)25-8-11-28-12-9-25/h6-7,14,16,18,20H,4-5,8-13,15H2,1-3H3,(H,23,24)/t18-,20+/m1/s1. The van der Waals surface area contributed by atoms with Crippen LogP contribution in [0.3, 0.4) is 0 Å². The summed E-state index contributed by atoms with van der Waals surface area (Å²) in [6.07, 6.45) is 3.94. The summed E-state index contributed by atoms with van der Waals surface area (Å²) in [5.74, 6) is 1.40. The molecule has 0 unspecified atom stereocenters. The minimum Gasteiger partial charge on any atom is -0.444 e. The molecule has 166 valence electrons. The molecule has 30 heavy (non-hydrogen) atoms. The SMILES string of the molecule is CC(C)(C)OC(=O)N1CCO[C@@H]([C@@H](Nc2ccc(N3CCOCC3)cn2)C2CC2)C1. The van der Waals surface area contributed by atoms with E-state index in [-0.39, 0.29) is 18.2 Å². The van der Waals surface area contributed by atoms with Crippen molar-refractivity contribution in [2.24, 2.45) is 5.92 Å². The van der Waals surface area contributed by atoms with Crippen LogP contribution in [-0.4, -0.2) is 79.7 Å². The van der Waals surface area contributed by atoms with Crippen molar-refractivity contribution >= 4 is 17.6 Å². The monoisotopic (exact) mass is 418 g/mol. The Balaban J connectivity index is 1.38. The molecule has 3 aliphatic rings. The van der Waals surface area contributed by atoms with E-state index in [1.165, 1.54) is 12.8 Å². The second-order valence-electron chi connectivity index (χ2n) is 9.34. The second-order valence-corrected chi connectivity index (χ2v) is 9.34. The third-order valence-electron chi connectivity index (χ3n) is 5.71. The lowest BCUT2D eigenvalue weighted by atomic mass is 10.0. The highest BCUT2D eigenvalue weighted by Crippen LogP contribution is 2.37. The number of aromatic nitrogens is 1. The Morgan fingerprint density at radius 2 is 1.97 bits per heavy atom. The van der Waals surface area contributed by atoms with Crippen molar-refractivity contribution in [3.05, 3.63) is 18.3 Å². The Morgan fingerprint density at radius 1 is 1.20 bits per heavy atom. The molecule has 1 aromatic heterocycles. The normalized spacial score (nSPS) is 23.8. The zero-order chi connectivity index (χ0) is 21.1. The lowest BCUT2D eigenvalue weighted by molar-refractivity contribution is -0.0502. The van der Waals surface area contributed by atoms with Gasteiger partial charge in [0.1, 0.15) is 11.4 Å². The van der Waals surface area contributed by atoms with Crippen LogP contribution >= 0.6 is 0 Å². The number of rotatable bonds is 5. The van der Waals surface area contributed by atoms with Gasteiger partial charge in [0, 0.05) is 19.6 Å². The second kappa shape index (κ2) is 8.98. The van der Waals surface area contributed by atoms with Gasteiger partial charge in [0.25, 0.3) is 0 Å². The highest BCUT2D eigenvalue weighted by atomic mass is 16.6. The van der Waals surface area contributed by atoms with Crippen molar-refractivity contribution in [1.29, 1.82) is 0 Å². The summed E-state index contributed by atoms with van der Waals surface area (Å²) in [4.78, 5) is 21.2. The quantitative estimate of drug-likeness (QED) is 0.788. The van der Waals surface area contributed by atoms with Crippen molar-refractivity contribution in [2.45, 2.75) is 51.4 Å². The molecule has 2 atom stereocenters. The molecule has 2 saturated heterocycles. The predicted molar refractivity (Wildman–Crippen MR) is 115 cm³/mol. The van der Waals surface area contributed by atoms with E-state index in [1.54, 1.807) is 4.90 Å². The molecule has 1 aromatic rings. The molecular weight excluding hydrogens is 384 g/mol. The van der Waals surface area contributed by atoms with Crippen molar-refractivity contribution < 1.29 is 19.0 Å². The molecule has 0 radical (unpaired) electrons. The molecule has 1 N–H and O–H groups in total. The first-order valence-electron chi connectivity index (χ1n) is 11.0. The number of nitrogens with zero attached hydrogens (tertiary/aromatic N) is 3.